The molecular weight excluding hydrogens is 352 g/mol. The van der Waals surface area contributed by atoms with Crippen LogP contribution in [0.25, 0.3) is 0 Å². The van der Waals surface area contributed by atoms with Gasteiger partial charge in [-0.15, -0.1) is 0 Å². The number of amides is 1. The Balaban J connectivity index is 1.85. The second-order valence-corrected chi connectivity index (χ2v) is 6.14. The summed E-state index contributed by atoms with van der Waals surface area (Å²) in [5, 5.41) is 3.50. The van der Waals surface area contributed by atoms with E-state index in [2.05, 4.69) is 10.3 Å². The first-order chi connectivity index (χ1) is 11.5. The Kier molecular flexibility index (Phi) is 6.57. The molecule has 128 valence electrons. The van der Waals surface area contributed by atoms with Gasteiger partial charge in [0, 0.05) is 0 Å². The number of esters is 1. The molecule has 1 aromatic carbocycles. The second kappa shape index (κ2) is 8.65. The molecule has 0 aliphatic rings. The molecule has 8 heteroatoms. The highest BCUT2D eigenvalue weighted by Gasteiger charge is 2.17. The lowest BCUT2D eigenvalue weighted by Gasteiger charge is -2.07. The van der Waals surface area contributed by atoms with Crippen LogP contribution in [0.4, 0.5) is 5.13 Å². The minimum absolute atomic E-state index is 0.137. The molecule has 0 saturated heterocycles. The van der Waals surface area contributed by atoms with Gasteiger partial charge in [0.2, 0.25) is 5.91 Å². The van der Waals surface area contributed by atoms with E-state index in [0.717, 1.165) is 11.3 Å². The highest BCUT2D eigenvalue weighted by molar-refractivity contribution is 7.17. The fourth-order valence-electron chi connectivity index (χ4n) is 1.83. The summed E-state index contributed by atoms with van der Waals surface area (Å²) >= 11 is 7.06. The number of aromatic nitrogens is 1. The maximum Gasteiger partial charge on any atom is 0.350 e. The second-order valence-electron chi connectivity index (χ2n) is 4.73. The smallest absolute Gasteiger partial charge is 0.350 e. The van der Waals surface area contributed by atoms with Gasteiger partial charge in [-0.05, 0) is 26.0 Å². The maximum absolute atomic E-state index is 11.9. The number of carbonyl (C=O) groups is 2. The van der Waals surface area contributed by atoms with Gasteiger partial charge < -0.3 is 14.8 Å². The SMILES string of the molecule is CCOC(=O)c1sc(NC(=O)CCOc2ccccc2Cl)nc1C. The van der Waals surface area contributed by atoms with E-state index in [9.17, 15) is 9.59 Å². The van der Waals surface area contributed by atoms with Crippen molar-refractivity contribution in [3.63, 3.8) is 0 Å². The van der Waals surface area contributed by atoms with Crippen molar-refractivity contribution in [3.8, 4) is 5.75 Å². The molecule has 0 atom stereocenters. The van der Waals surface area contributed by atoms with Crippen LogP contribution in [0.5, 0.6) is 5.75 Å². The number of hydrogen-bond donors (Lipinski definition) is 1. The van der Waals surface area contributed by atoms with Crippen molar-refractivity contribution < 1.29 is 19.1 Å². The van der Waals surface area contributed by atoms with E-state index in [1.807, 2.05) is 0 Å². The largest absolute Gasteiger partial charge is 0.491 e. The molecule has 0 saturated carbocycles. The fraction of sp³-hybridized carbons (Fsp3) is 0.312. The number of carbonyl (C=O) groups excluding carboxylic acids is 2. The molecule has 0 radical (unpaired) electrons. The average Bonchev–Trinajstić information content (AvgIpc) is 2.90. The normalized spacial score (nSPS) is 10.3. The summed E-state index contributed by atoms with van der Waals surface area (Å²) in [6.07, 6.45) is 0.137. The molecule has 1 heterocycles. The lowest BCUT2D eigenvalue weighted by molar-refractivity contribution is -0.116. The Morgan fingerprint density at radius 2 is 2.08 bits per heavy atom. The van der Waals surface area contributed by atoms with Gasteiger partial charge in [0.15, 0.2) is 5.13 Å². The quantitative estimate of drug-likeness (QED) is 0.754. The van der Waals surface area contributed by atoms with Gasteiger partial charge in [0.25, 0.3) is 0 Å². The Morgan fingerprint density at radius 3 is 2.79 bits per heavy atom. The van der Waals surface area contributed by atoms with Crippen molar-refractivity contribution in [2.75, 3.05) is 18.5 Å². The number of nitrogens with one attached hydrogen (secondary N) is 1. The Morgan fingerprint density at radius 1 is 1.33 bits per heavy atom. The minimum atomic E-state index is -0.435. The van der Waals surface area contributed by atoms with Crippen molar-refractivity contribution in [2.24, 2.45) is 0 Å². The summed E-state index contributed by atoms with van der Waals surface area (Å²) in [5.41, 5.74) is 0.529. The van der Waals surface area contributed by atoms with Crippen LogP contribution in [0.3, 0.4) is 0 Å². The maximum atomic E-state index is 11.9. The molecule has 0 spiro atoms. The average molecular weight is 369 g/mol. The van der Waals surface area contributed by atoms with Gasteiger partial charge in [-0.2, -0.15) is 0 Å². The van der Waals surface area contributed by atoms with Gasteiger partial charge in [-0.3, -0.25) is 4.79 Å². The van der Waals surface area contributed by atoms with Crippen LogP contribution in [-0.4, -0.2) is 30.1 Å². The van der Waals surface area contributed by atoms with E-state index < -0.39 is 5.97 Å². The topological polar surface area (TPSA) is 77.5 Å². The zero-order valence-corrected chi connectivity index (χ0v) is 14.9. The number of hydrogen-bond acceptors (Lipinski definition) is 6. The van der Waals surface area contributed by atoms with Crippen LogP contribution < -0.4 is 10.1 Å². The Bertz CT molecular complexity index is 733. The van der Waals surface area contributed by atoms with E-state index in [1.54, 1.807) is 38.1 Å². The third-order valence-corrected chi connectivity index (χ3v) is 4.29. The van der Waals surface area contributed by atoms with Crippen LogP contribution in [-0.2, 0) is 9.53 Å². The molecule has 6 nitrogen and oxygen atoms in total. The highest BCUT2D eigenvalue weighted by Crippen LogP contribution is 2.24. The number of halogens is 1. The number of para-hydroxylation sites is 1. The van der Waals surface area contributed by atoms with Crippen LogP contribution in [0, 0.1) is 6.92 Å². The van der Waals surface area contributed by atoms with Gasteiger partial charge in [-0.1, -0.05) is 35.1 Å². The summed E-state index contributed by atoms with van der Waals surface area (Å²) in [6, 6.07) is 7.05. The molecule has 0 aliphatic heterocycles. The van der Waals surface area contributed by atoms with Gasteiger partial charge in [0.1, 0.15) is 10.6 Å². The molecule has 0 bridgehead atoms. The van der Waals surface area contributed by atoms with Gasteiger partial charge in [-0.25, -0.2) is 9.78 Å². The number of rotatable bonds is 7. The van der Waals surface area contributed by atoms with Crippen LogP contribution in [0.2, 0.25) is 5.02 Å². The van der Waals surface area contributed by atoms with E-state index in [-0.39, 0.29) is 25.5 Å². The third kappa shape index (κ3) is 4.94. The molecule has 1 aromatic heterocycles. The van der Waals surface area contributed by atoms with E-state index >= 15 is 0 Å². The molecule has 0 fully saturated rings. The van der Waals surface area contributed by atoms with Crippen molar-refractivity contribution in [3.05, 3.63) is 39.9 Å². The number of thiazole rings is 1. The van der Waals surface area contributed by atoms with E-state index in [4.69, 9.17) is 21.1 Å². The zero-order chi connectivity index (χ0) is 17.5. The summed E-state index contributed by atoms with van der Waals surface area (Å²) in [4.78, 5) is 28.2. The number of anilines is 1. The fourth-order valence-corrected chi connectivity index (χ4v) is 2.90. The first-order valence-corrected chi connectivity index (χ1v) is 8.52. The molecule has 0 aliphatic carbocycles. The molecule has 24 heavy (non-hydrogen) atoms. The van der Waals surface area contributed by atoms with E-state index in [1.165, 1.54) is 0 Å². The Labute approximate surface area is 148 Å². The van der Waals surface area contributed by atoms with Crippen molar-refractivity contribution in [2.45, 2.75) is 20.3 Å². The monoisotopic (exact) mass is 368 g/mol. The number of nitrogens with zero attached hydrogens (tertiary/aromatic N) is 1. The molecule has 1 amide bonds. The first-order valence-electron chi connectivity index (χ1n) is 7.33. The van der Waals surface area contributed by atoms with Crippen LogP contribution in [0.1, 0.15) is 28.7 Å². The number of benzene rings is 1. The highest BCUT2D eigenvalue weighted by atomic mass is 35.5. The summed E-state index contributed by atoms with van der Waals surface area (Å²) in [5.74, 6) is -0.164. The molecule has 2 rings (SSSR count). The van der Waals surface area contributed by atoms with Gasteiger partial charge >= 0.3 is 5.97 Å². The summed E-state index contributed by atoms with van der Waals surface area (Å²) in [7, 11) is 0. The van der Waals surface area contributed by atoms with Crippen molar-refractivity contribution in [1.82, 2.24) is 4.98 Å². The molecule has 1 N–H and O–H groups in total. The Hall–Kier alpha value is -2.12. The van der Waals surface area contributed by atoms with Crippen LogP contribution >= 0.6 is 22.9 Å². The molecular formula is C16H17ClN2O4S. The van der Waals surface area contributed by atoms with Crippen molar-refractivity contribution in [1.29, 1.82) is 0 Å². The molecule has 2 aromatic rings. The number of aryl methyl sites for hydroxylation is 1. The predicted octanol–water partition coefficient (Wildman–Crippen LogP) is 3.69. The van der Waals surface area contributed by atoms with E-state index in [0.29, 0.717) is 26.5 Å². The third-order valence-electron chi connectivity index (χ3n) is 2.93. The lowest BCUT2D eigenvalue weighted by atomic mass is 10.3. The van der Waals surface area contributed by atoms with Crippen molar-refractivity contribution >= 4 is 39.9 Å². The predicted molar refractivity (Wildman–Crippen MR) is 93.0 cm³/mol. The molecule has 0 unspecified atom stereocenters. The zero-order valence-electron chi connectivity index (χ0n) is 13.3. The first kappa shape index (κ1) is 18.2. The minimum Gasteiger partial charge on any atom is -0.491 e. The summed E-state index contributed by atoms with van der Waals surface area (Å²) < 4.78 is 10.4. The van der Waals surface area contributed by atoms with Gasteiger partial charge in [0.05, 0.1) is 30.4 Å². The standard InChI is InChI=1S/C16H17ClN2O4S/c1-3-22-15(21)14-10(2)18-16(24-14)19-13(20)8-9-23-12-7-5-4-6-11(12)17/h4-7H,3,8-9H2,1-2H3,(H,18,19,20). The van der Waals surface area contributed by atoms with Crippen LogP contribution in [0.15, 0.2) is 24.3 Å². The number of ether oxygens (including phenoxy) is 2. The summed E-state index contributed by atoms with van der Waals surface area (Å²) in [6.45, 7) is 3.90. The lowest BCUT2D eigenvalue weighted by Crippen LogP contribution is -2.15.